The fourth-order valence-electron chi connectivity index (χ4n) is 2.25. The van der Waals surface area contributed by atoms with Gasteiger partial charge in [0, 0.05) is 18.3 Å². The summed E-state index contributed by atoms with van der Waals surface area (Å²) in [6.07, 6.45) is 1.80. The molecule has 13 heavy (non-hydrogen) atoms. The Morgan fingerprint density at radius 1 is 1.62 bits per heavy atom. The monoisotopic (exact) mass is 184 g/mol. The van der Waals surface area contributed by atoms with Crippen molar-refractivity contribution in [3.63, 3.8) is 0 Å². The van der Waals surface area contributed by atoms with Crippen LogP contribution in [0.5, 0.6) is 0 Å². The van der Waals surface area contributed by atoms with Crippen LogP contribution in [0.2, 0.25) is 0 Å². The molecule has 1 atom stereocenters. The molecule has 0 bridgehead atoms. The van der Waals surface area contributed by atoms with Crippen molar-refractivity contribution >= 4 is 11.8 Å². The van der Waals surface area contributed by atoms with Crippen LogP contribution in [-0.2, 0) is 14.3 Å². The first-order valence-corrected chi connectivity index (χ1v) is 4.45. The van der Waals surface area contributed by atoms with Gasteiger partial charge < -0.3 is 9.84 Å². The molecule has 72 valence electrons. The lowest BCUT2D eigenvalue weighted by Crippen LogP contribution is -2.38. The molecule has 1 N–H and O–H groups in total. The zero-order valence-corrected chi connectivity index (χ0v) is 7.28. The van der Waals surface area contributed by atoms with Gasteiger partial charge in [-0.2, -0.15) is 0 Å². The third-order valence-electron chi connectivity index (χ3n) is 2.83. The van der Waals surface area contributed by atoms with E-state index >= 15 is 0 Å². The second-order valence-electron chi connectivity index (χ2n) is 4.13. The highest BCUT2D eigenvalue weighted by molar-refractivity contribution is 5.86. The summed E-state index contributed by atoms with van der Waals surface area (Å²) in [5.41, 5.74) is 0.0111. The standard InChI is InChI=1S/C9H12O4/c10-6-2-9(3-6)4-7(13-5-9)1-8(11)12/h7H,1-5H2,(H,11,12). The van der Waals surface area contributed by atoms with Crippen molar-refractivity contribution in [3.05, 3.63) is 0 Å². The van der Waals surface area contributed by atoms with E-state index in [1.807, 2.05) is 0 Å². The molecule has 1 spiro atoms. The molecule has 0 amide bonds. The number of hydrogen-bond donors (Lipinski definition) is 1. The number of carbonyl (C=O) groups excluding carboxylic acids is 1. The lowest BCUT2D eigenvalue weighted by atomic mass is 9.66. The molecule has 0 aromatic rings. The summed E-state index contributed by atoms with van der Waals surface area (Å²) in [6.45, 7) is 0.566. The number of carboxylic acid groups (broad SMARTS) is 1. The Morgan fingerprint density at radius 3 is 2.85 bits per heavy atom. The van der Waals surface area contributed by atoms with Gasteiger partial charge in [-0.05, 0) is 6.42 Å². The average molecular weight is 184 g/mol. The third kappa shape index (κ3) is 1.58. The van der Waals surface area contributed by atoms with Crippen LogP contribution < -0.4 is 0 Å². The minimum atomic E-state index is -0.826. The quantitative estimate of drug-likeness (QED) is 0.682. The zero-order chi connectivity index (χ0) is 9.47. The summed E-state index contributed by atoms with van der Waals surface area (Å²) in [7, 11) is 0. The second-order valence-corrected chi connectivity index (χ2v) is 4.13. The Balaban J connectivity index is 1.87. The van der Waals surface area contributed by atoms with Crippen LogP contribution in [0.25, 0.3) is 0 Å². The lowest BCUT2D eigenvalue weighted by molar-refractivity contribution is -0.139. The van der Waals surface area contributed by atoms with Gasteiger partial charge in [0.25, 0.3) is 0 Å². The van der Waals surface area contributed by atoms with Gasteiger partial charge in [-0.3, -0.25) is 9.59 Å². The van der Waals surface area contributed by atoms with Crippen molar-refractivity contribution in [2.24, 2.45) is 5.41 Å². The summed E-state index contributed by atoms with van der Waals surface area (Å²) in [5.74, 6) is -0.549. The van der Waals surface area contributed by atoms with E-state index in [9.17, 15) is 9.59 Å². The summed E-state index contributed by atoms with van der Waals surface area (Å²) in [5, 5.41) is 8.54. The number of aliphatic carboxylic acids is 1. The molecule has 1 saturated heterocycles. The third-order valence-corrected chi connectivity index (χ3v) is 2.83. The van der Waals surface area contributed by atoms with Crippen molar-refractivity contribution in [1.82, 2.24) is 0 Å². The van der Waals surface area contributed by atoms with Crippen LogP contribution in [-0.4, -0.2) is 29.6 Å². The van der Waals surface area contributed by atoms with Crippen molar-refractivity contribution in [2.75, 3.05) is 6.61 Å². The van der Waals surface area contributed by atoms with Crippen molar-refractivity contribution in [3.8, 4) is 0 Å². The van der Waals surface area contributed by atoms with Crippen molar-refractivity contribution in [2.45, 2.75) is 31.8 Å². The highest BCUT2D eigenvalue weighted by Crippen LogP contribution is 2.47. The Hall–Kier alpha value is -0.900. The molecule has 4 nitrogen and oxygen atoms in total. The Kier molecular flexibility index (Phi) is 1.87. The van der Waals surface area contributed by atoms with Gasteiger partial charge in [0.05, 0.1) is 19.1 Å². The van der Waals surface area contributed by atoms with E-state index in [4.69, 9.17) is 9.84 Å². The van der Waals surface area contributed by atoms with E-state index in [2.05, 4.69) is 0 Å². The van der Waals surface area contributed by atoms with Gasteiger partial charge in [-0.25, -0.2) is 0 Å². The van der Waals surface area contributed by atoms with Crippen LogP contribution in [0.3, 0.4) is 0 Å². The molecule has 2 fully saturated rings. The van der Waals surface area contributed by atoms with Crippen LogP contribution in [0.4, 0.5) is 0 Å². The first-order valence-electron chi connectivity index (χ1n) is 4.45. The lowest BCUT2D eigenvalue weighted by Gasteiger charge is -2.34. The number of hydrogen-bond acceptors (Lipinski definition) is 3. The molecule has 1 aliphatic carbocycles. The van der Waals surface area contributed by atoms with E-state index in [0.29, 0.717) is 19.4 Å². The average Bonchev–Trinajstić information content (AvgIpc) is 2.30. The molecule has 1 unspecified atom stereocenters. The number of rotatable bonds is 2. The summed E-state index contributed by atoms with van der Waals surface area (Å²) in [4.78, 5) is 21.2. The maximum absolute atomic E-state index is 10.8. The number of ketones is 1. The Bertz CT molecular complexity index is 250. The minimum Gasteiger partial charge on any atom is -0.481 e. The molecule has 2 aliphatic rings. The highest BCUT2D eigenvalue weighted by Gasteiger charge is 2.49. The SMILES string of the molecule is O=C(O)CC1CC2(CO1)CC(=O)C2. The van der Waals surface area contributed by atoms with Gasteiger partial charge in [-0.1, -0.05) is 0 Å². The number of Topliss-reactive ketones (excluding diaryl/α,β-unsaturated/α-hetero) is 1. The van der Waals surface area contributed by atoms with E-state index in [-0.39, 0.29) is 23.7 Å². The first-order chi connectivity index (χ1) is 6.10. The van der Waals surface area contributed by atoms with Gasteiger partial charge in [0.1, 0.15) is 5.78 Å². The maximum atomic E-state index is 10.8. The van der Waals surface area contributed by atoms with Gasteiger partial charge >= 0.3 is 5.97 Å². The van der Waals surface area contributed by atoms with Crippen LogP contribution in [0, 0.1) is 5.41 Å². The number of carbonyl (C=O) groups is 2. The fraction of sp³-hybridized carbons (Fsp3) is 0.778. The molecule has 0 aromatic heterocycles. The maximum Gasteiger partial charge on any atom is 0.305 e. The van der Waals surface area contributed by atoms with E-state index in [0.717, 1.165) is 6.42 Å². The summed E-state index contributed by atoms with van der Waals surface area (Å²) in [6, 6.07) is 0. The first kappa shape index (κ1) is 8.69. The predicted octanol–water partition coefficient (Wildman–Crippen LogP) is 0.599. The molecule has 0 aromatic carbocycles. The van der Waals surface area contributed by atoms with Gasteiger partial charge in [-0.15, -0.1) is 0 Å². The molecule has 0 radical (unpaired) electrons. The highest BCUT2D eigenvalue weighted by atomic mass is 16.5. The van der Waals surface area contributed by atoms with E-state index in [1.165, 1.54) is 0 Å². The number of ether oxygens (including phenoxy) is 1. The number of carboxylic acids is 1. The molecular weight excluding hydrogens is 172 g/mol. The molecule has 1 aliphatic heterocycles. The smallest absolute Gasteiger partial charge is 0.305 e. The minimum absolute atomic E-state index is 0.0111. The predicted molar refractivity (Wildman–Crippen MR) is 43.3 cm³/mol. The topological polar surface area (TPSA) is 63.6 Å². The van der Waals surface area contributed by atoms with E-state index in [1.54, 1.807) is 0 Å². The zero-order valence-electron chi connectivity index (χ0n) is 7.28. The molecule has 2 rings (SSSR count). The second kappa shape index (κ2) is 2.80. The molecular formula is C9H12O4. The molecule has 4 heteroatoms. The Labute approximate surface area is 75.9 Å². The van der Waals surface area contributed by atoms with E-state index < -0.39 is 5.97 Å². The Morgan fingerprint density at radius 2 is 2.31 bits per heavy atom. The normalized spacial score (nSPS) is 30.5. The molecule has 1 saturated carbocycles. The largest absolute Gasteiger partial charge is 0.481 e. The van der Waals surface area contributed by atoms with Crippen LogP contribution >= 0.6 is 0 Å². The van der Waals surface area contributed by atoms with Crippen molar-refractivity contribution < 1.29 is 19.4 Å². The van der Waals surface area contributed by atoms with Gasteiger partial charge in [0.15, 0.2) is 0 Å². The fourth-order valence-corrected chi connectivity index (χ4v) is 2.25. The molecule has 1 heterocycles. The van der Waals surface area contributed by atoms with Crippen LogP contribution in [0.1, 0.15) is 25.7 Å². The summed E-state index contributed by atoms with van der Waals surface area (Å²) < 4.78 is 5.34. The van der Waals surface area contributed by atoms with Gasteiger partial charge in [0.2, 0.25) is 0 Å². The van der Waals surface area contributed by atoms with Crippen LogP contribution in [0.15, 0.2) is 0 Å². The summed E-state index contributed by atoms with van der Waals surface area (Å²) >= 11 is 0. The van der Waals surface area contributed by atoms with Crippen molar-refractivity contribution in [1.29, 1.82) is 0 Å².